The smallest absolute Gasteiger partial charge is 0.196 e. The van der Waals surface area contributed by atoms with Crippen molar-refractivity contribution in [2.75, 3.05) is 5.32 Å². The lowest BCUT2D eigenvalue weighted by atomic mass is 10.0. The molecule has 0 atom stereocenters. The lowest BCUT2D eigenvalue weighted by Crippen LogP contribution is -2.17. The van der Waals surface area contributed by atoms with Gasteiger partial charge in [0.15, 0.2) is 4.96 Å². The molecule has 0 radical (unpaired) electrons. The van der Waals surface area contributed by atoms with Crippen molar-refractivity contribution in [2.45, 2.75) is 44.6 Å². The van der Waals surface area contributed by atoms with Gasteiger partial charge in [-0.2, -0.15) is 0 Å². The minimum Gasteiger partial charge on any atom is -0.367 e. The highest BCUT2D eigenvalue weighted by atomic mass is 32.1. The number of fused-ring (bicyclic) bond motifs is 1. The fourth-order valence-corrected chi connectivity index (χ4v) is 5.08. The highest BCUT2D eigenvalue weighted by Crippen LogP contribution is 2.38. The Morgan fingerprint density at radius 1 is 1.18 bits per heavy atom. The molecule has 0 unspecified atom stereocenters. The van der Waals surface area contributed by atoms with E-state index < -0.39 is 11.6 Å². The largest absolute Gasteiger partial charge is 0.367 e. The number of allylic oxidation sites excluding steroid dienone is 4. The van der Waals surface area contributed by atoms with Gasteiger partial charge in [-0.3, -0.25) is 4.40 Å². The number of thiazole rings is 1. The van der Waals surface area contributed by atoms with Gasteiger partial charge in [0.05, 0.1) is 5.69 Å². The van der Waals surface area contributed by atoms with Crippen LogP contribution in [0.3, 0.4) is 0 Å². The third kappa shape index (κ3) is 3.05. The number of hydrogen-bond acceptors (Lipinski definition) is 3. The topological polar surface area (TPSA) is 29.3 Å². The molecule has 1 aromatic carbocycles. The van der Waals surface area contributed by atoms with Crippen LogP contribution in [-0.4, -0.2) is 15.4 Å². The molecule has 144 valence electrons. The number of imidazole rings is 1. The Kier molecular flexibility index (Phi) is 4.51. The molecule has 2 aliphatic carbocycles. The molecule has 1 N–H and O–H groups in total. The van der Waals surface area contributed by atoms with E-state index in [4.69, 9.17) is 4.98 Å². The monoisotopic (exact) mass is 397 g/mol. The summed E-state index contributed by atoms with van der Waals surface area (Å²) in [4.78, 5) is 5.57. The Morgan fingerprint density at radius 2 is 2.04 bits per heavy atom. The highest BCUT2D eigenvalue weighted by molar-refractivity contribution is 7.15. The van der Waals surface area contributed by atoms with E-state index >= 15 is 0 Å². The van der Waals surface area contributed by atoms with Gasteiger partial charge in [-0.25, -0.2) is 13.8 Å². The Morgan fingerprint density at radius 3 is 2.79 bits per heavy atom. The van der Waals surface area contributed by atoms with Gasteiger partial charge in [-0.05, 0) is 43.4 Å². The quantitative estimate of drug-likeness (QED) is 0.550. The average molecular weight is 397 g/mol. The first-order chi connectivity index (χ1) is 13.7. The van der Waals surface area contributed by atoms with Crippen LogP contribution in [0.5, 0.6) is 0 Å². The molecule has 2 heterocycles. The van der Waals surface area contributed by atoms with Crippen LogP contribution < -0.4 is 5.32 Å². The summed E-state index contributed by atoms with van der Waals surface area (Å²) in [6.45, 7) is 0. The van der Waals surface area contributed by atoms with Gasteiger partial charge in [0.1, 0.15) is 23.1 Å². The third-order valence-corrected chi connectivity index (χ3v) is 6.41. The minimum atomic E-state index is -0.582. The van der Waals surface area contributed by atoms with Gasteiger partial charge in [-0.15, -0.1) is 11.3 Å². The molecule has 0 saturated heterocycles. The maximum Gasteiger partial charge on any atom is 0.196 e. The van der Waals surface area contributed by atoms with Crippen LogP contribution in [-0.2, 0) is 0 Å². The molecule has 5 rings (SSSR count). The lowest BCUT2D eigenvalue weighted by molar-refractivity contribution is 0.585. The van der Waals surface area contributed by atoms with Crippen LogP contribution in [0.4, 0.5) is 14.6 Å². The van der Waals surface area contributed by atoms with Crippen molar-refractivity contribution in [3.05, 3.63) is 59.1 Å². The van der Waals surface area contributed by atoms with Crippen LogP contribution in [0.2, 0.25) is 0 Å². The summed E-state index contributed by atoms with van der Waals surface area (Å²) in [6, 6.07) is 4.06. The molecule has 1 saturated carbocycles. The van der Waals surface area contributed by atoms with Crippen molar-refractivity contribution < 1.29 is 8.78 Å². The first-order valence-corrected chi connectivity index (χ1v) is 10.7. The van der Waals surface area contributed by atoms with Gasteiger partial charge < -0.3 is 5.32 Å². The Balaban J connectivity index is 1.69. The Hall–Kier alpha value is -2.47. The molecule has 0 amide bonds. The number of rotatable bonds is 4. The minimum absolute atomic E-state index is 0.335. The van der Waals surface area contributed by atoms with Gasteiger partial charge >= 0.3 is 0 Å². The molecule has 2 aromatic heterocycles. The first kappa shape index (κ1) is 17.6. The second-order valence-electron chi connectivity index (χ2n) is 7.46. The number of benzene rings is 1. The zero-order valence-corrected chi connectivity index (χ0v) is 16.2. The second-order valence-corrected chi connectivity index (χ2v) is 8.29. The van der Waals surface area contributed by atoms with Crippen molar-refractivity contribution >= 4 is 27.7 Å². The zero-order chi connectivity index (χ0) is 19.1. The van der Waals surface area contributed by atoms with E-state index in [0.717, 1.165) is 48.2 Å². The van der Waals surface area contributed by atoms with E-state index in [0.29, 0.717) is 17.3 Å². The Bertz CT molecular complexity index is 1090. The molecule has 6 heteroatoms. The molecule has 3 nitrogen and oxygen atoms in total. The van der Waals surface area contributed by atoms with Gasteiger partial charge in [-0.1, -0.05) is 31.1 Å². The predicted octanol–water partition coefficient (Wildman–Crippen LogP) is 6.43. The number of nitrogens with zero attached hydrogens (tertiary/aromatic N) is 2. The molecular formula is C22H21F2N3S. The normalized spacial score (nSPS) is 17.4. The standard InChI is InChI=1S/C22H21F2N3S/c23-15-10-11-17(18(24)12-15)20-21(25-16-8-4-5-9-16)27-19(13-28-22(27)26-20)14-6-2-1-3-7-14/h1-2,6,10-13,16,25H,3-5,7-9H2. The van der Waals surface area contributed by atoms with Crippen molar-refractivity contribution in [2.24, 2.45) is 0 Å². The SMILES string of the molecule is Fc1ccc(-c2nc3scc(C4=CC=CCC4)n3c2NC2CCCC2)c(F)c1. The molecule has 2 aliphatic rings. The number of anilines is 1. The fourth-order valence-electron chi connectivity index (χ4n) is 4.16. The summed E-state index contributed by atoms with van der Waals surface area (Å²) in [5.41, 5.74) is 3.25. The van der Waals surface area contributed by atoms with Crippen LogP contribution in [0, 0.1) is 11.6 Å². The molecular weight excluding hydrogens is 376 g/mol. The summed E-state index contributed by atoms with van der Waals surface area (Å²) < 4.78 is 30.2. The van der Waals surface area contributed by atoms with Crippen molar-refractivity contribution in [3.8, 4) is 11.3 Å². The zero-order valence-electron chi connectivity index (χ0n) is 15.4. The second kappa shape index (κ2) is 7.17. The lowest BCUT2D eigenvalue weighted by Gasteiger charge is -2.17. The number of nitrogens with one attached hydrogen (secondary N) is 1. The maximum atomic E-state index is 14.6. The molecule has 0 bridgehead atoms. The van der Waals surface area contributed by atoms with Crippen molar-refractivity contribution in [1.29, 1.82) is 0 Å². The molecule has 0 spiro atoms. The Labute approximate surface area is 166 Å². The summed E-state index contributed by atoms with van der Waals surface area (Å²) >= 11 is 1.55. The fraction of sp³-hybridized carbons (Fsp3) is 0.318. The number of aromatic nitrogens is 2. The average Bonchev–Trinajstić information content (AvgIpc) is 3.41. The molecule has 28 heavy (non-hydrogen) atoms. The van der Waals surface area contributed by atoms with Crippen LogP contribution >= 0.6 is 11.3 Å². The molecule has 3 aromatic rings. The van der Waals surface area contributed by atoms with Gasteiger partial charge in [0.2, 0.25) is 0 Å². The predicted molar refractivity (Wildman–Crippen MR) is 111 cm³/mol. The van der Waals surface area contributed by atoms with Crippen molar-refractivity contribution in [3.63, 3.8) is 0 Å². The third-order valence-electron chi connectivity index (χ3n) is 5.59. The summed E-state index contributed by atoms with van der Waals surface area (Å²) in [5.74, 6) is -0.340. The van der Waals surface area contributed by atoms with E-state index in [1.165, 1.54) is 30.5 Å². The van der Waals surface area contributed by atoms with E-state index in [9.17, 15) is 8.78 Å². The molecule has 0 aliphatic heterocycles. The van der Waals surface area contributed by atoms with E-state index in [1.54, 1.807) is 11.3 Å². The van der Waals surface area contributed by atoms with E-state index in [1.807, 2.05) is 0 Å². The first-order valence-electron chi connectivity index (χ1n) is 9.78. The van der Waals surface area contributed by atoms with Gasteiger partial charge in [0, 0.05) is 23.1 Å². The van der Waals surface area contributed by atoms with Crippen LogP contribution in [0.1, 0.15) is 44.2 Å². The molecule has 1 fully saturated rings. The summed E-state index contributed by atoms with van der Waals surface area (Å²) in [5, 5.41) is 5.76. The summed E-state index contributed by atoms with van der Waals surface area (Å²) in [7, 11) is 0. The maximum absolute atomic E-state index is 14.6. The van der Waals surface area contributed by atoms with Crippen molar-refractivity contribution in [1.82, 2.24) is 9.38 Å². The van der Waals surface area contributed by atoms with E-state index in [2.05, 4.69) is 33.3 Å². The van der Waals surface area contributed by atoms with Crippen LogP contribution in [0.15, 0.2) is 41.8 Å². The number of hydrogen-bond donors (Lipinski definition) is 1. The highest BCUT2D eigenvalue weighted by Gasteiger charge is 2.25. The number of halogens is 2. The van der Waals surface area contributed by atoms with Crippen LogP contribution in [0.25, 0.3) is 21.8 Å². The summed E-state index contributed by atoms with van der Waals surface area (Å²) in [6.07, 6.45) is 13.0. The van der Waals surface area contributed by atoms with Gasteiger partial charge in [0.25, 0.3) is 0 Å². The van der Waals surface area contributed by atoms with E-state index in [-0.39, 0.29) is 0 Å².